The maximum Gasteiger partial charge on any atom is 0.327 e. The van der Waals surface area contributed by atoms with Gasteiger partial charge in [0.15, 0.2) is 5.65 Å². The molecule has 1 aliphatic heterocycles. The molecule has 0 unspecified atom stereocenters. The number of benzene rings is 1. The van der Waals surface area contributed by atoms with E-state index < -0.39 is 0 Å². The molecule has 0 atom stereocenters. The number of rotatable bonds is 6. The Morgan fingerprint density at radius 1 is 1.18 bits per heavy atom. The van der Waals surface area contributed by atoms with Gasteiger partial charge >= 0.3 is 5.97 Å². The quantitative estimate of drug-likeness (QED) is 0.658. The first kappa shape index (κ1) is 18.2. The average molecular weight is 380 g/mol. The molecule has 3 heterocycles. The average Bonchev–Trinajstić information content (AvgIpc) is 3.16. The Balaban J connectivity index is 1.54. The van der Waals surface area contributed by atoms with E-state index in [9.17, 15) is 4.79 Å². The highest BCUT2D eigenvalue weighted by Gasteiger charge is 2.15. The summed E-state index contributed by atoms with van der Waals surface area (Å²) in [6.07, 6.45) is 6.96. The molecule has 3 aromatic rings. The van der Waals surface area contributed by atoms with Gasteiger partial charge in [-0.1, -0.05) is 18.2 Å². The van der Waals surface area contributed by atoms with E-state index in [0.717, 1.165) is 18.5 Å². The zero-order valence-electron chi connectivity index (χ0n) is 16.0. The Morgan fingerprint density at radius 3 is 2.82 bits per heavy atom. The number of nitrogens with one attached hydrogen (secondary N) is 1. The van der Waals surface area contributed by atoms with Crippen LogP contribution in [0.25, 0.3) is 11.0 Å². The smallest absolute Gasteiger partial charge is 0.327 e. The van der Waals surface area contributed by atoms with Crippen LogP contribution in [0.3, 0.4) is 0 Å². The molecule has 1 N–H and O–H groups in total. The molecule has 4 rings (SSSR count). The molecule has 0 spiro atoms. The Kier molecular flexibility index (Phi) is 5.36. The fourth-order valence-corrected chi connectivity index (χ4v) is 3.62. The number of anilines is 2. The van der Waals surface area contributed by atoms with Crippen LogP contribution in [0.5, 0.6) is 0 Å². The number of fused-ring (bicyclic) bond motifs is 1. The van der Waals surface area contributed by atoms with Crippen LogP contribution in [0.4, 0.5) is 11.5 Å². The van der Waals surface area contributed by atoms with Gasteiger partial charge in [0.25, 0.3) is 0 Å². The lowest BCUT2D eigenvalue weighted by atomic mass is 10.1. The van der Waals surface area contributed by atoms with E-state index in [4.69, 9.17) is 4.74 Å². The molecule has 1 fully saturated rings. The zero-order valence-corrected chi connectivity index (χ0v) is 16.0. The van der Waals surface area contributed by atoms with E-state index in [1.54, 1.807) is 6.20 Å². The highest BCUT2D eigenvalue weighted by Crippen LogP contribution is 2.26. The van der Waals surface area contributed by atoms with E-state index in [-0.39, 0.29) is 12.5 Å². The molecular weight excluding hydrogens is 356 g/mol. The van der Waals surface area contributed by atoms with Gasteiger partial charge in [-0.05, 0) is 30.9 Å². The van der Waals surface area contributed by atoms with Crippen LogP contribution < -0.4 is 10.2 Å². The molecule has 0 bridgehead atoms. The van der Waals surface area contributed by atoms with E-state index in [1.807, 2.05) is 0 Å². The summed E-state index contributed by atoms with van der Waals surface area (Å²) < 4.78 is 6.24. The number of ether oxygens (including phenoxy) is 1. The van der Waals surface area contributed by atoms with Gasteiger partial charge in [0.05, 0.1) is 18.7 Å². The molecule has 28 heavy (non-hydrogen) atoms. The van der Waals surface area contributed by atoms with Crippen molar-refractivity contribution in [3.63, 3.8) is 0 Å². The maximum absolute atomic E-state index is 11.6. The van der Waals surface area contributed by atoms with Gasteiger partial charge in [-0.15, -0.1) is 0 Å². The SMILES string of the molecule is COC(=O)Cn1ncc2c(NCc3ccccc3N3CCCCC3)ncnc21. The van der Waals surface area contributed by atoms with Crippen molar-refractivity contribution in [2.45, 2.75) is 32.4 Å². The van der Waals surface area contributed by atoms with Crippen molar-refractivity contribution < 1.29 is 9.53 Å². The summed E-state index contributed by atoms with van der Waals surface area (Å²) in [6.45, 7) is 2.89. The predicted molar refractivity (Wildman–Crippen MR) is 107 cm³/mol. The molecule has 146 valence electrons. The molecule has 0 saturated carbocycles. The lowest BCUT2D eigenvalue weighted by molar-refractivity contribution is -0.141. The van der Waals surface area contributed by atoms with E-state index in [2.05, 4.69) is 49.5 Å². The maximum atomic E-state index is 11.6. The Bertz CT molecular complexity index is 964. The van der Waals surface area contributed by atoms with Gasteiger partial charge in [0, 0.05) is 25.3 Å². The van der Waals surface area contributed by atoms with Gasteiger partial charge in [0.1, 0.15) is 18.7 Å². The summed E-state index contributed by atoms with van der Waals surface area (Å²) in [6, 6.07) is 8.49. The van der Waals surface area contributed by atoms with Crippen molar-refractivity contribution in [2.75, 3.05) is 30.4 Å². The molecule has 1 aromatic carbocycles. The highest BCUT2D eigenvalue weighted by atomic mass is 16.5. The van der Waals surface area contributed by atoms with Crippen molar-refractivity contribution in [3.05, 3.63) is 42.4 Å². The van der Waals surface area contributed by atoms with E-state index >= 15 is 0 Å². The first-order valence-electron chi connectivity index (χ1n) is 9.56. The third kappa shape index (κ3) is 3.76. The number of hydrogen-bond acceptors (Lipinski definition) is 7. The van der Waals surface area contributed by atoms with Crippen molar-refractivity contribution in [2.24, 2.45) is 0 Å². The van der Waals surface area contributed by atoms with E-state index in [1.165, 1.54) is 48.6 Å². The number of esters is 1. The highest BCUT2D eigenvalue weighted by molar-refractivity contribution is 5.87. The summed E-state index contributed by atoms with van der Waals surface area (Å²) in [7, 11) is 1.36. The second-order valence-electron chi connectivity index (χ2n) is 6.87. The van der Waals surface area contributed by atoms with Crippen LogP contribution >= 0.6 is 0 Å². The number of piperidine rings is 1. The van der Waals surface area contributed by atoms with E-state index in [0.29, 0.717) is 18.0 Å². The molecule has 8 heteroatoms. The zero-order chi connectivity index (χ0) is 19.3. The van der Waals surface area contributed by atoms with Gasteiger partial charge in [-0.2, -0.15) is 5.10 Å². The molecule has 0 aliphatic carbocycles. The Labute approximate surface area is 163 Å². The van der Waals surface area contributed by atoms with Crippen molar-refractivity contribution in [3.8, 4) is 0 Å². The standard InChI is InChI=1S/C20H24N6O2/c1-28-18(27)13-26-20-16(12-24-26)19(22-14-23-20)21-11-15-7-3-4-8-17(15)25-9-5-2-6-10-25/h3-4,7-8,12,14H,2,5-6,9-11,13H2,1H3,(H,21,22,23). The first-order valence-corrected chi connectivity index (χ1v) is 9.56. The van der Waals surface area contributed by atoms with Crippen molar-refractivity contribution in [1.82, 2.24) is 19.7 Å². The molecule has 1 aliphatic rings. The third-order valence-corrected chi connectivity index (χ3v) is 5.07. The van der Waals surface area contributed by atoms with Crippen LogP contribution in [-0.2, 0) is 22.6 Å². The van der Waals surface area contributed by atoms with Crippen LogP contribution in [-0.4, -0.2) is 45.9 Å². The summed E-state index contributed by atoms with van der Waals surface area (Å²) >= 11 is 0. The molecule has 0 amide bonds. The number of methoxy groups -OCH3 is 1. The number of carbonyl (C=O) groups excluding carboxylic acids is 1. The number of para-hydroxylation sites is 1. The first-order chi connectivity index (χ1) is 13.8. The lowest BCUT2D eigenvalue weighted by Crippen LogP contribution is -2.30. The topological polar surface area (TPSA) is 85.2 Å². The van der Waals surface area contributed by atoms with Crippen LogP contribution in [0, 0.1) is 0 Å². The lowest BCUT2D eigenvalue weighted by Gasteiger charge is -2.30. The minimum atomic E-state index is -0.367. The fourth-order valence-electron chi connectivity index (χ4n) is 3.62. The summed E-state index contributed by atoms with van der Waals surface area (Å²) in [4.78, 5) is 22.7. The monoisotopic (exact) mass is 380 g/mol. The largest absolute Gasteiger partial charge is 0.468 e. The summed E-state index contributed by atoms with van der Waals surface area (Å²) in [5, 5.41) is 8.45. The van der Waals surface area contributed by atoms with Gasteiger partial charge in [-0.3, -0.25) is 4.79 Å². The third-order valence-electron chi connectivity index (χ3n) is 5.07. The fraction of sp³-hybridized carbons (Fsp3) is 0.400. The van der Waals surface area contributed by atoms with Crippen LogP contribution in [0.2, 0.25) is 0 Å². The molecular formula is C20H24N6O2. The van der Waals surface area contributed by atoms with Gasteiger partial charge < -0.3 is 15.0 Å². The second-order valence-corrected chi connectivity index (χ2v) is 6.87. The summed E-state index contributed by atoms with van der Waals surface area (Å²) in [5.74, 6) is 0.336. The molecule has 1 saturated heterocycles. The molecule has 8 nitrogen and oxygen atoms in total. The van der Waals surface area contributed by atoms with Gasteiger partial charge in [0.2, 0.25) is 0 Å². The van der Waals surface area contributed by atoms with Crippen molar-refractivity contribution in [1.29, 1.82) is 0 Å². The minimum Gasteiger partial charge on any atom is -0.468 e. The van der Waals surface area contributed by atoms with Crippen LogP contribution in [0.1, 0.15) is 24.8 Å². The van der Waals surface area contributed by atoms with Crippen molar-refractivity contribution >= 4 is 28.5 Å². The minimum absolute atomic E-state index is 0.0221. The Hall–Kier alpha value is -3.16. The number of nitrogens with zero attached hydrogens (tertiary/aromatic N) is 5. The molecule has 2 aromatic heterocycles. The van der Waals surface area contributed by atoms with Gasteiger partial charge in [-0.25, -0.2) is 14.6 Å². The predicted octanol–water partition coefficient (Wildman–Crippen LogP) is 2.60. The van der Waals surface area contributed by atoms with Crippen LogP contribution in [0.15, 0.2) is 36.8 Å². The summed E-state index contributed by atoms with van der Waals surface area (Å²) in [5.41, 5.74) is 3.12. The number of carbonyl (C=O) groups is 1. The normalized spacial score (nSPS) is 14.2. The number of aromatic nitrogens is 4. The molecule has 0 radical (unpaired) electrons. The second kappa shape index (κ2) is 8.24. The Morgan fingerprint density at radius 2 is 2.00 bits per heavy atom. The number of hydrogen-bond donors (Lipinski definition) is 1.